The van der Waals surface area contributed by atoms with Gasteiger partial charge in [-0.1, -0.05) is 23.2 Å². The molecule has 80 valence electrons. The number of halogens is 2. The van der Waals surface area contributed by atoms with E-state index < -0.39 is 32.3 Å². The lowest BCUT2D eigenvalue weighted by Gasteiger charge is -2.04. The summed E-state index contributed by atoms with van der Waals surface area (Å²) in [6, 6.07) is 0. The Labute approximate surface area is 93.6 Å². The molecule has 0 saturated heterocycles. The smallest absolute Gasteiger partial charge is 0.339 e. The van der Waals surface area contributed by atoms with Crippen LogP contribution in [0, 0.1) is 17.0 Å². The van der Waals surface area contributed by atoms with E-state index in [0.29, 0.717) is 0 Å². The predicted octanol–water partition coefficient (Wildman–Crippen LogP) is 2.30. The fraction of sp³-hybridized carbons (Fsp3) is 0.143. The second kappa shape index (κ2) is 4.00. The molecule has 6 nitrogen and oxygen atoms in total. The molecule has 0 aromatic carbocycles. The molecular formula is C7H4Cl2N2O4. The van der Waals surface area contributed by atoms with Gasteiger partial charge in [0.1, 0.15) is 10.6 Å². The minimum atomic E-state index is -1.38. The molecule has 0 atom stereocenters. The lowest BCUT2D eigenvalue weighted by atomic mass is 10.2. The number of nitrogens with zero attached hydrogens (tertiary/aromatic N) is 2. The zero-order valence-corrected chi connectivity index (χ0v) is 8.83. The van der Waals surface area contributed by atoms with Crippen LogP contribution in [0.4, 0.5) is 5.69 Å². The first-order chi connectivity index (χ1) is 6.86. The molecule has 0 amide bonds. The molecule has 1 N–H and O–H groups in total. The molecule has 0 fully saturated rings. The SMILES string of the molecule is Cc1nc(Cl)c([N+](=O)[O-])c(Cl)c1C(=O)O. The van der Waals surface area contributed by atoms with Crippen LogP contribution in [0.25, 0.3) is 0 Å². The van der Waals surface area contributed by atoms with Crippen molar-refractivity contribution in [3.8, 4) is 0 Å². The van der Waals surface area contributed by atoms with Crippen LogP contribution in [0.2, 0.25) is 10.2 Å². The minimum Gasteiger partial charge on any atom is -0.478 e. The zero-order chi connectivity index (χ0) is 11.7. The van der Waals surface area contributed by atoms with Gasteiger partial charge < -0.3 is 5.11 Å². The Morgan fingerprint density at radius 2 is 2.07 bits per heavy atom. The molecule has 8 heteroatoms. The Kier molecular flexibility index (Phi) is 3.11. The first-order valence-corrected chi connectivity index (χ1v) is 4.35. The van der Waals surface area contributed by atoms with Gasteiger partial charge in [0.15, 0.2) is 0 Å². The normalized spacial score (nSPS) is 10.1. The summed E-state index contributed by atoms with van der Waals surface area (Å²) in [5.74, 6) is -1.38. The fourth-order valence-corrected chi connectivity index (χ4v) is 1.74. The average molecular weight is 251 g/mol. The van der Waals surface area contributed by atoms with Gasteiger partial charge in [-0.2, -0.15) is 0 Å². The first kappa shape index (κ1) is 11.7. The number of hydrogen-bond donors (Lipinski definition) is 1. The van der Waals surface area contributed by atoms with Crippen molar-refractivity contribution in [3.63, 3.8) is 0 Å². The molecule has 0 aliphatic rings. The van der Waals surface area contributed by atoms with Crippen LogP contribution in [0.3, 0.4) is 0 Å². The molecule has 15 heavy (non-hydrogen) atoms. The summed E-state index contributed by atoms with van der Waals surface area (Å²) in [6.07, 6.45) is 0. The number of carbonyl (C=O) groups is 1. The topological polar surface area (TPSA) is 93.3 Å². The van der Waals surface area contributed by atoms with Crippen LogP contribution < -0.4 is 0 Å². The number of aryl methyl sites for hydroxylation is 1. The van der Waals surface area contributed by atoms with Gasteiger partial charge in [0.25, 0.3) is 0 Å². The van der Waals surface area contributed by atoms with E-state index in [1.807, 2.05) is 0 Å². The lowest BCUT2D eigenvalue weighted by Crippen LogP contribution is -2.06. The van der Waals surface area contributed by atoms with Crippen molar-refractivity contribution < 1.29 is 14.8 Å². The number of pyridine rings is 1. The second-order valence-electron chi connectivity index (χ2n) is 2.59. The van der Waals surface area contributed by atoms with E-state index in [-0.39, 0.29) is 5.69 Å². The predicted molar refractivity (Wildman–Crippen MR) is 52.6 cm³/mol. The standard InChI is InChI=1S/C7H4Cl2N2O4/c1-2-3(7(12)13)4(8)5(11(14)15)6(9)10-2/h1H3,(H,12,13). The van der Waals surface area contributed by atoms with Gasteiger partial charge in [-0.15, -0.1) is 0 Å². The second-order valence-corrected chi connectivity index (χ2v) is 3.32. The summed E-state index contributed by atoms with van der Waals surface area (Å²) in [7, 11) is 0. The van der Waals surface area contributed by atoms with E-state index in [2.05, 4.69) is 4.98 Å². The highest BCUT2D eigenvalue weighted by Gasteiger charge is 2.27. The van der Waals surface area contributed by atoms with Gasteiger partial charge in [0.05, 0.1) is 10.6 Å². The average Bonchev–Trinajstić information content (AvgIpc) is 1.99. The Bertz CT molecular complexity index is 423. The van der Waals surface area contributed by atoms with E-state index >= 15 is 0 Å². The highest BCUT2D eigenvalue weighted by molar-refractivity contribution is 6.39. The fourth-order valence-electron chi connectivity index (χ4n) is 1.03. The molecule has 0 radical (unpaired) electrons. The number of nitro groups is 1. The highest BCUT2D eigenvalue weighted by atomic mass is 35.5. The zero-order valence-electron chi connectivity index (χ0n) is 7.32. The summed E-state index contributed by atoms with van der Waals surface area (Å²) in [5, 5.41) is 18.4. The van der Waals surface area contributed by atoms with Crippen molar-refractivity contribution in [2.24, 2.45) is 0 Å². The molecule has 0 aliphatic heterocycles. The van der Waals surface area contributed by atoms with Crippen LogP contribution in [0.15, 0.2) is 0 Å². The third kappa shape index (κ3) is 2.00. The van der Waals surface area contributed by atoms with Gasteiger partial charge >= 0.3 is 11.7 Å². The molecule has 1 rings (SSSR count). The number of carboxylic acids is 1. The summed E-state index contributed by atoms with van der Waals surface area (Å²) >= 11 is 11.0. The van der Waals surface area contributed by atoms with Gasteiger partial charge in [0, 0.05) is 0 Å². The van der Waals surface area contributed by atoms with Crippen LogP contribution >= 0.6 is 23.2 Å². The number of carboxylic acid groups (broad SMARTS) is 1. The summed E-state index contributed by atoms with van der Waals surface area (Å²) in [5.41, 5.74) is -1.07. The third-order valence-electron chi connectivity index (χ3n) is 1.65. The van der Waals surface area contributed by atoms with Crippen LogP contribution in [-0.4, -0.2) is 21.0 Å². The van der Waals surface area contributed by atoms with Gasteiger partial charge in [0.2, 0.25) is 5.15 Å². The maximum atomic E-state index is 10.7. The van der Waals surface area contributed by atoms with Gasteiger partial charge in [-0.3, -0.25) is 10.1 Å². The van der Waals surface area contributed by atoms with Crippen molar-refractivity contribution in [3.05, 3.63) is 31.5 Å². The Balaban J connectivity index is 3.64. The monoisotopic (exact) mass is 250 g/mol. The molecule has 0 unspecified atom stereocenters. The van der Waals surface area contributed by atoms with Crippen molar-refractivity contribution in [1.29, 1.82) is 0 Å². The van der Waals surface area contributed by atoms with Crippen molar-refractivity contribution in [1.82, 2.24) is 4.98 Å². The number of aromatic nitrogens is 1. The Hall–Kier alpha value is -1.40. The molecule has 0 bridgehead atoms. The van der Waals surface area contributed by atoms with E-state index in [1.54, 1.807) is 0 Å². The molecule has 0 spiro atoms. The van der Waals surface area contributed by atoms with E-state index in [4.69, 9.17) is 28.3 Å². The van der Waals surface area contributed by atoms with E-state index in [9.17, 15) is 14.9 Å². The van der Waals surface area contributed by atoms with Crippen molar-refractivity contribution >= 4 is 34.9 Å². The highest BCUT2D eigenvalue weighted by Crippen LogP contribution is 2.34. The lowest BCUT2D eigenvalue weighted by molar-refractivity contribution is -0.384. The molecule has 1 heterocycles. The van der Waals surface area contributed by atoms with Crippen molar-refractivity contribution in [2.45, 2.75) is 6.92 Å². The van der Waals surface area contributed by atoms with Gasteiger partial charge in [-0.05, 0) is 6.92 Å². The van der Waals surface area contributed by atoms with Crippen LogP contribution in [-0.2, 0) is 0 Å². The Morgan fingerprint density at radius 3 is 2.47 bits per heavy atom. The number of aromatic carboxylic acids is 1. The maximum absolute atomic E-state index is 10.7. The molecule has 1 aromatic rings. The van der Waals surface area contributed by atoms with E-state index in [1.165, 1.54) is 6.92 Å². The molecule has 0 aliphatic carbocycles. The van der Waals surface area contributed by atoms with E-state index in [0.717, 1.165) is 0 Å². The quantitative estimate of drug-likeness (QED) is 0.494. The first-order valence-electron chi connectivity index (χ1n) is 3.59. The third-order valence-corrected chi connectivity index (χ3v) is 2.28. The van der Waals surface area contributed by atoms with Crippen LogP contribution in [0.1, 0.15) is 16.1 Å². The number of hydrogen-bond acceptors (Lipinski definition) is 4. The maximum Gasteiger partial charge on any atom is 0.339 e. The Morgan fingerprint density at radius 1 is 1.53 bits per heavy atom. The summed E-state index contributed by atoms with van der Waals surface area (Å²) < 4.78 is 0. The largest absolute Gasteiger partial charge is 0.478 e. The molecular weight excluding hydrogens is 247 g/mol. The van der Waals surface area contributed by atoms with Gasteiger partial charge in [-0.25, -0.2) is 9.78 Å². The minimum absolute atomic E-state index is 0.0306. The number of rotatable bonds is 2. The van der Waals surface area contributed by atoms with Crippen LogP contribution in [0.5, 0.6) is 0 Å². The molecule has 0 saturated carbocycles. The summed E-state index contributed by atoms with van der Waals surface area (Å²) in [4.78, 5) is 23.9. The molecule has 1 aromatic heterocycles. The summed E-state index contributed by atoms with van der Waals surface area (Å²) in [6.45, 7) is 1.35. The van der Waals surface area contributed by atoms with Crippen molar-refractivity contribution in [2.75, 3.05) is 0 Å².